The van der Waals surface area contributed by atoms with Gasteiger partial charge in [-0.25, -0.2) is 0 Å². The van der Waals surface area contributed by atoms with Gasteiger partial charge < -0.3 is 15.4 Å². The number of carbonyl (C=O) groups excluding carboxylic acids is 1. The molecule has 0 aromatic heterocycles. The second kappa shape index (κ2) is 5.68. The van der Waals surface area contributed by atoms with Crippen LogP contribution in [0.1, 0.15) is 50.9 Å². The van der Waals surface area contributed by atoms with Crippen LogP contribution < -0.4 is 15.4 Å². The minimum Gasteiger partial charge on any atom is -0.497 e. The van der Waals surface area contributed by atoms with Gasteiger partial charge in [-0.2, -0.15) is 0 Å². The normalized spacial score (nSPS) is 20.8. The molecule has 116 valence electrons. The number of carbonyl (C=O) groups is 1. The Balaban J connectivity index is 2.04. The molecule has 2 N–H and O–H groups in total. The fourth-order valence-corrected chi connectivity index (χ4v) is 3.44. The van der Waals surface area contributed by atoms with Crippen LogP contribution in [0.4, 0.5) is 0 Å². The molecule has 0 unspecified atom stereocenters. The zero-order chi connectivity index (χ0) is 15.7. The molecule has 21 heavy (non-hydrogen) atoms. The van der Waals surface area contributed by atoms with Crippen LogP contribution in [0.3, 0.4) is 0 Å². The Morgan fingerprint density at radius 3 is 2.14 bits per heavy atom. The zero-order valence-corrected chi connectivity index (χ0v) is 13.6. The van der Waals surface area contributed by atoms with E-state index in [1.807, 2.05) is 12.1 Å². The molecule has 0 atom stereocenters. The molecule has 0 spiro atoms. The molecule has 1 aliphatic rings. The zero-order valence-electron chi connectivity index (χ0n) is 13.6. The molecule has 4 heteroatoms. The van der Waals surface area contributed by atoms with Crippen LogP contribution in [0.15, 0.2) is 24.3 Å². The summed E-state index contributed by atoms with van der Waals surface area (Å²) in [6, 6.07) is 7.40. The summed E-state index contributed by atoms with van der Waals surface area (Å²) in [4.78, 5) is 12.4. The number of nitrogens with one attached hydrogen (secondary N) is 2. The van der Waals surface area contributed by atoms with E-state index in [4.69, 9.17) is 4.74 Å². The third-order valence-electron chi connectivity index (χ3n) is 3.88. The Kier molecular flexibility index (Phi) is 4.28. The molecule has 2 rings (SSSR count). The van der Waals surface area contributed by atoms with Crippen molar-refractivity contribution in [3.63, 3.8) is 0 Å². The Morgan fingerprint density at radius 1 is 1.14 bits per heavy atom. The topological polar surface area (TPSA) is 50.4 Å². The van der Waals surface area contributed by atoms with Crippen molar-refractivity contribution in [3.05, 3.63) is 29.8 Å². The van der Waals surface area contributed by atoms with Crippen LogP contribution in [0.25, 0.3) is 0 Å². The molecule has 1 aliphatic heterocycles. The van der Waals surface area contributed by atoms with Gasteiger partial charge in [0.25, 0.3) is 5.91 Å². The Bertz CT molecular complexity index is 490. The lowest BCUT2D eigenvalue weighted by atomic mass is 9.79. The Hall–Kier alpha value is -1.55. The highest BCUT2D eigenvalue weighted by molar-refractivity contribution is 5.94. The Morgan fingerprint density at radius 2 is 1.67 bits per heavy atom. The average Bonchev–Trinajstić information content (AvgIpc) is 2.35. The van der Waals surface area contributed by atoms with E-state index in [-0.39, 0.29) is 23.0 Å². The van der Waals surface area contributed by atoms with Crippen molar-refractivity contribution < 1.29 is 9.53 Å². The molecule has 1 amide bonds. The number of amides is 1. The fourth-order valence-electron chi connectivity index (χ4n) is 3.44. The number of ether oxygens (including phenoxy) is 1. The number of rotatable bonds is 3. The number of methoxy groups -OCH3 is 1. The predicted molar refractivity (Wildman–Crippen MR) is 84.8 cm³/mol. The smallest absolute Gasteiger partial charge is 0.251 e. The first kappa shape index (κ1) is 15.8. The van der Waals surface area contributed by atoms with Gasteiger partial charge in [-0.1, -0.05) is 0 Å². The summed E-state index contributed by atoms with van der Waals surface area (Å²) < 4.78 is 5.11. The van der Waals surface area contributed by atoms with E-state index in [0.717, 1.165) is 18.6 Å². The molecule has 1 aromatic rings. The van der Waals surface area contributed by atoms with E-state index in [1.54, 1.807) is 19.2 Å². The number of benzene rings is 1. The van der Waals surface area contributed by atoms with E-state index >= 15 is 0 Å². The van der Waals surface area contributed by atoms with Crippen LogP contribution in [0.2, 0.25) is 0 Å². The van der Waals surface area contributed by atoms with Crippen molar-refractivity contribution in [1.29, 1.82) is 0 Å². The number of hydrogen-bond acceptors (Lipinski definition) is 3. The largest absolute Gasteiger partial charge is 0.497 e. The molecule has 0 bridgehead atoms. The fraction of sp³-hybridized carbons (Fsp3) is 0.588. The highest BCUT2D eigenvalue weighted by atomic mass is 16.5. The quantitative estimate of drug-likeness (QED) is 0.900. The summed E-state index contributed by atoms with van der Waals surface area (Å²) in [6.45, 7) is 8.72. The van der Waals surface area contributed by atoms with Gasteiger partial charge in [-0.05, 0) is 64.8 Å². The van der Waals surface area contributed by atoms with Crippen LogP contribution in [0, 0.1) is 0 Å². The van der Waals surface area contributed by atoms with Gasteiger partial charge in [0.1, 0.15) is 5.75 Å². The maximum absolute atomic E-state index is 12.4. The lowest BCUT2D eigenvalue weighted by Crippen LogP contribution is -2.62. The minimum atomic E-state index is -0.0175. The molecule has 0 saturated carbocycles. The minimum absolute atomic E-state index is 0.0175. The second-order valence-electron chi connectivity index (χ2n) is 7.20. The van der Waals surface area contributed by atoms with Crippen LogP contribution in [0.5, 0.6) is 5.75 Å². The summed E-state index contributed by atoms with van der Waals surface area (Å²) in [6.07, 6.45) is 1.86. The van der Waals surface area contributed by atoms with Crippen molar-refractivity contribution in [3.8, 4) is 5.75 Å². The van der Waals surface area contributed by atoms with Crippen LogP contribution in [-0.4, -0.2) is 30.1 Å². The molecule has 1 fully saturated rings. The predicted octanol–water partition coefficient (Wildman–Crippen LogP) is 2.73. The maximum atomic E-state index is 12.4. The summed E-state index contributed by atoms with van der Waals surface area (Å²) in [7, 11) is 1.62. The second-order valence-corrected chi connectivity index (χ2v) is 7.20. The van der Waals surface area contributed by atoms with Gasteiger partial charge in [0.2, 0.25) is 0 Å². The number of hydrogen-bond donors (Lipinski definition) is 2. The molecular formula is C17H26N2O2. The molecule has 1 saturated heterocycles. The van der Waals surface area contributed by atoms with Crippen molar-refractivity contribution in [2.75, 3.05) is 7.11 Å². The van der Waals surface area contributed by atoms with Crippen molar-refractivity contribution in [1.82, 2.24) is 10.6 Å². The third kappa shape index (κ3) is 4.21. The van der Waals surface area contributed by atoms with Crippen LogP contribution >= 0.6 is 0 Å². The van der Waals surface area contributed by atoms with Gasteiger partial charge in [0.05, 0.1) is 7.11 Å². The van der Waals surface area contributed by atoms with E-state index in [1.165, 1.54) is 0 Å². The molecule has 4 nitrogen and oxygen atoms in total. The van der Waals surface area contributed by atoms with E-state index < -0.39 is 0 Å². The number of piperidine rings is 1. The van der Waals surface area contributed by atoms with Crippen LogP contribution in [-0.2, 0) is 0 Å². The maximum Gasteiger partial charge on any atom is 0.251 e. The first-order valence-corrected chi connectivity index (χ1v) is 7.45. The van der Waals surface area contributed by atoms with Gasteiger partial charge in [0, 0.05) is 22.7 Å². The van der Waals surface area contributed by atoms with E-state index in [2.05, 4.69) is 38.3 Å². The third-order valence-corrected chi connectivity index (χ3v) is 3.88. The molecule has 1 aromatic carbocycles. The highest BCUT2D eigenvalue weighted by Crippen LogP contribution is 2.28. The van der Waals surface area contributed by atoms with Gasteiger partial charge in [-0.3, -0.25) is 4.79 Å². The van der Waals surface area contributed by atoms with E-state index in [9.17, 15) is 4.79 Å². The van der Waals surface area contributed by atoms with E-state index in [0.29, 0.717) is 5.56 Å². The standard InChI is InChI=1S/C17H26N2O2/c1-16(2)10-13(11-17(3,4)19-16)18-15(20)12-6-8-14(21-5)9-7-12/h6-9,13,19H,10-11H2,1-5H3,(H,18,20). The Labute approximate surface area is 127 Å². The van der Waals surface area contributed by atoms with Crippen molar-refractivity contribution in [2.45, 2.75) is 57.7 Å². The summed E-state index contributed by atoms with van der Waals surface area (Å²) in [5.41, 5.74) is 0.726. The van der Waals surface area contributed by atoms with Crippen molar-refractivity contribution >= 4 is 5.91 Å². The first-order chi connectivity index (χ1) is 9.71. The summed E-state index contributed by atoms with van der Waals surface area (Å²) in [5, 5.41) is 6.79. The molecular weight excluding hydrogens is 264 g/mol. The molecule has 0 aliphatic carbocycles. The van der Waals surface area contributed by atoms with Gasteiger partial charge >= 0.3 is 0 Å². The highest BCUT2D eigenvalue weighted by Gasteiger charge is 2.38. The van der Waals surface area contributed by atoms with Gasteiger partial charge in [0.15, 0.2) is 0 Å². The SMILES string of the molecule is COc1ccc(C(=O)NC2CC(C)(C)NC(C)(C)C2)cc1. The molecule has 0 radical (unpaired) electrons. The van der Waals surface area contributed by atoms with Gasteiger partial charge in [-0.15, -0.1) is 0 Å². The lowest BCUT2D eigenvalue weighted by molar-refractivity contribution is 0.0873. The average molecular weight is 290 g/mol. The summed E-state index contributed by atoms with van der Waals surface area (Å²) in [5.74, 6) is 0.742. The summed E-state index contributed by atoms with van der Waals surface area (Å²) >= 11 is 0. The molecule has 1 heterocycles. The first-order valence-electron chi connectivity index (χ1n) is 7.45. The van der Waals surface area contributed by atoms with Crippen molar-refractivity contribution in [2.24, 2.45) is 0 Å². The lowest BCUT2D eigenvalue weighted by Gasteiger charge is -2.46. The monoisotopic (exact) mass is 290 g/mol.